The van der Waals surface area contributed by atoms with Gasteiger partial charge in [-0.1, -0.05) is 37.6 Å². The zero-order valence-electron chi connectivity index (χ0n) is 12.8. The van der Waals surface area contributed by atoms with Gasteiger partial charge in [0.2, 0.25) is 5.91 Å². The normalized spacial score (nSPS) is 18.6. The quantitative estimate of drug-likeness (QED) is 0.793. The molecule has 1 fully saturated rings. The van der Waals surface area contributed by atoms with Crippen molar-refractivity contribution in [2.45, 2.75) is 46.6 Å². The van der Waals surface area contributed by atoms with Gasteiger partial charge in [0, 0.05) is 18.0 Å². The van der Waals surface area contributed by atoms with Crippen molar-refractivity contribution < 1.29 is 9.59 Å². The van der Waals surface area contributed by atoms with Gasteiger partial charge in [0.1, 0.15) is 0 Å². The van der Waals surface area contributed by atoms with Crippen LogP contribution in [0.4, 0.5) is 0 Å². The van der Waals surface area contributed by atoms with Crippen LogP contribution in [0.3, 0.4) is 0 Å². The van der Waals surface area contributed by atoms with E-state index in [1.54, 1.807) is 4.90 Å². The van der Waals surface area contributed by atoms with E-state index in [0.29, 0.717) is 6.54 Å². The minimum Gasteiger partial charge on any atom is -0.332 e. The molecule has 1 aromatic carbocycles. The number of hydrogen-bond acceptors (Lipinski definition) is 2. The molecular weight excluding hydrogens is 250 g/mol. The van der Waals surface area contributed by atoms with Crippen molar-refractivity contribution in [1.29, 1.82) is 0 Å². The maximum atomic E-state index is 12.7. The highest BCUT2D eigenvalue weighted by atomic mass is 16.2. The number of carbonyl (C=O) groups is 2. The van der Waals surface area contributed by atoms with Crippen LogP contribution in [0, 0.1) is 19.8 Å². The molecule has 20 heavy (non-hydrogen) atoms. The first-order valence-electron chi connectivity index (χ1n) is 7.33. The molecule has 1 heterocycles. The summed E-state index contributed by atoms with van der Waals surface area (Å²) in [6.07, 6.45) is 1.70. The Morgan fingerprint density at radius 2 is 1.95 bits per heavy atom. The molecule has 1 aliphatic heterocycles. The molecule has 0 bridgehead atoms. The van der Waals surface area contributed by atoms with Gasteiger partial charge in [0.25, 0.3) is 0 Å². The second-order valence-electron chi connectivity index (χ2n) is 6.03. The Labute approximate surface area is 121 Å². The predicted octanol–water partition coefficient (Wildman–Crippen LogP) is 3.13. The second-order valence-corrected chi connectivity index (χ2v) is 6.03. The van der Waals surface area contributed by atoms with Gasteiger partial charge in [-0.2, -0.15) is 0 Å². The molecule has 0 aliphatic carbocycles. The highest BCUT2D eigenvalue weighted by Gasteiger charge is 2.35. The van der Waals surface area contributed by atoms with Gasteiger partial charge in [-0.15, -0.1) is 0 Å². The monoisotopic (exact) mass is 273 g/mol. The third-order valence-electron chi connectivity index (χ3n) is 3.98. The lowest BCUT2D eigenvalue weighted by molar-refractivity contribution is -0.134. The average Bonchev–Trinajstić information content (AvgIpc) is 2.86. The summed E-state index contributed by atoms with van der Waals surface area (Å²) in [5.41, 5.74) is 2.91. The zero-order chi connectivity index (χ0) is 14.9. The number of Topliss-reactive ketones (excluding diaryl/α,β-unsaturated/α-hetero) is 1. The van der Waals surface area contributed by atoms with Gasteiger partial charge in [0.05, 0.1) is 6.04 Å². The first-order valence-corrected chi connectivity index (χ1v) is 7.33. The summed E-state index contributed by atoms with van der Waals surface area (Å²) in [5.74, 6) is 0.127. The molecule has 1 unspecified atom stereocenters. The molecular formula is C17H23NO2. The summed E-state index contributed by atoms with van der Waals surface area (Å²) in [6.45, 7) is 8.46. The molecule has 108 valence electrons. The van der Waals surface area contributed by atoms with Gasteiger partial charge < -0.3 is 4.90 Å². The highest BCUT2D eigenvalue weighted by molar-refractivity contribution is 6.03. The van der Waals surface area contributed by atoms with E-state index in [1.165, 1.54) is 0 Å². The third-order valence-corrected chi connectivity index (χ3v) is 3.98. The Morgan fingerprint density at radius 1 is 1.25 bits per heavy atom. The first-order chi connectivity index (χ1) is 9.41. The van der Waals surface area contributed by atoms with Crippen LogP contribution in [0.25, 0.3) is 0 Å². The highest BCUT2D eigenvalue weighted by Crippen LogP contribution is 2.24. The van der Waals surface area contributed by atoms with Crippen LogP contribution < -0.4 is 0 Å². The number of aryl methyl sites for hydroxylation is 2. The molecule has 1 saturated heterocycles. The largest absolute Gasteiger partial charge is 0.332 e. The number of carbonyl (C=O) groups excluding carboxylic acids is 2. The number of rotatable bonds is 3. The van der Waals surface area contributed by atoms with Crippen LogP contribution >= 0.6 is 0 Å². The van der Waals surface area contributed by atoms with E-state index >= 15 is 0 Å². The molecule has 0 aromatic heterocycles. The van der Waals surface area contributed by atoms with Gasteiger partial charge in [-0.25, -0.2) is 0 Å². The summed E-state index contributed by atoms with van der Waals surface area (Å²) in [6, 6.07) is 5.61. The Kier molecular flexibility index (Phi) is 4.26. The summed E-state index contributed by atoms with van der Waals surface area (Å²) >= 11 is 0. The number of benzene rings is 1. The van der Waals surface area contributed by atoms with Crippen LogP contribution in [-0.4, -0.2) is 29.2 Å². The Hall–Kier alpha value is -1.64. The van der Waals surface area contributed by atoms with Crippen molar-refractivity contribution >= 4 is 11.7 Å². The smallest absolute Gasteiger partial charge is 0.225 e. The van der Waals surface area contributed by atoms with E-state index in [-0.39, 0.29) is 23.7 Å². The van der Waals surface area contributed by atoms with E-state index in [9.17, 15) is 9.59 Å². The van der Waals surface area contributed by atoms with Crippen LogP contribution in [0.5, 0.6) is 0 Å². The van der Waals surface area contributed by atoms with E-state index in [0.717, 1.165) is 29.5 Å². The summed E-state index contributed by atoms with van der Waals surface area (Å²) in [5, 5.41) is 0. The molecule has 0 radical (unpaired) electrons. The second kappa shape index (κ2) is 5.78. The standard InChI is InChI=1S/C17H23NO2/c1-11(2)17(20)18-9-5-6-15(18)16(19)14-8-7-12(3)10-13(14)4/h7-8,10-11,15H,5-6,9H2,1-4H3. The van der Waals surface area contributed by atoms with E-state index in [1.807, 2.05) is 45.9 Å². The van der Waals surface area contributed by atoms with E-state index in [2.05, 4.69) is 0 Å². The molecule has 0 spiro atoms. The van der Waals surface area contributed by atoms with Crippen molar-refractivity contribution in [3.8, 4) is 0 Å². The fraction of sp³-hybridized carbons (Fsp3) is 0.529. The molecule has 1 amide bonds. The van der Waals surface area contributed by atoms with Gasteiger partial charge in [0.15, 0.2) is 5.78 Å². The average molecular weight is 273 g/mol. The lowest BCUT2D eigenvalue weighted by Gasteiger charge is -2.26. The number of likely N-dealkylation sites (tertiary alicyclic amines) is 1. The molecule has 2 rings (SSSR count). The topological polar surface area (TPSA) is 37.4 Å². The Balaban J connectivity index is 2.25. The van der Waals surface area contributed by atoms with Crippen LogP contribution in [-0.2, 0) is 4.79 Å². The summed E-state index contributed by atoms with van der Waals surface area (Å²) < 4.78 is 0. The maximum Gasteiger partial charge on any atom is 0.225 e. The summed E-state index contributed by atoms with van der Waals surface area (Å²) in [7, 11) is 0. The molecule has 3 heteroatoms. The first kappa shape index (κ1) is 14.8. The third kappa shape index (κ3) is 2.77. The number of amides is 1. The number of nitrogens with zero attached hydrogens (tertiary/aromatic N) is 1. The SMILES string of the molecule is Cc1ccc(C(=O)C2CCCN2C(=O)C(C)C)c(C)c1. The Bertz CT molecular complexity index is 534. The van der Waals surface area contributed by atoms with Gasteiger partial charge in [-0.3, -0.25) is 9.59 Å². The van der Waals surface area contributed by atoms with Crippen molar-refractivity contribution in [3.05, 3.63) is 34.9 Å². The number of ketones is 1. The molecule has 1 atom stereocenters. The molecule has 0 N–H and O–H groups in total. The van der Waals surface area contributed by atoms with Crippen molar-refractivity contribution in [2.24, 2.45) is 5.92 Å². The van der Waals surface area contributed by atoms with Crippen molar-refractivity contribution in [3.63, 3.8) is 0 Å². The molecule has 1 aromatic rings. The minimum absolute atomic E-state index is 0.0532. The minimum atomic E-state index is -0.272. The lowest BCUT2D eigenvalue weighted by Crippen LogP contribution is -2.42. The fourth-order valence-electron chi connectivity index (χ4n) is 2.90. The predicted molar refractivity (Wildman–Crippen MR) is 79.8 cm³/mol. The molecule has 0 saturated carbocycles. The van der Waals surface area contributed by atoms with Crippen molar-refractivity contribution in [1.82, 2.24) is 4.90 Å². The molecule has 1 aliphatic rings. The number of hydrogen-bond donors (Lipinski definition) is 0. The van der Waals surface area contributed by atoms with Crippen LogP contribution in [0.15, 0.2) is 18.2 Å². The summed E-state index contributed by atoms with van der Waals surface area (Å²) in [4.78, 5) is 26.7. The van der Waals surface area contributed by atoms with Crippen molar-refractivity contribution in [2.75, 3.05) is 6.54 Å². The van der Waals surface area contributed by atoms with Gasteiger partial charge >= 0.3 is 0 Å². The zero-order valence-corrected chi connectivity index (χ0v) is 12.8. The molecule has 3 nitrogen and oxygen atoms in total. The van der Waals surface area contributed by atoms with Gasteiger partial charge in [-0.05, 0) is 32.3 Å². The fourth-order valence-corrected chi connectivity index (χ4v) is 2.90. The Morgan fingerprint density at radius 3 is 2.55 bits per heavy atom. The van der Waals surface area contributed by atoms with Crippen LogP contribution in [0.1, 0.15) is 48.2 Å². The van der Waals surface area contributed by atoms with Crippen LogP contribution in [0.2, 0.25) is 0 Å². The lowest BCUT2D eigenvalue weighted by atomic mass is 9.96. The van der Waals surface area contributed by atoms with E-state index in [4.69, 9.17) is 0 Å². The maximum absolute atomic E-state index is 12.7. The van der Waals surface area contributed by atoms with E-state index < -0.39 is 0 Å².